The molecule has 1 rings (SSSR count). The molecule has 1 aromatic heterocycles. The van der Waals surface area contributed by atoms with Crippen LogP contribution < -0.4 is 5.32 Å². The van der Waals surface area contributed by atoms with Gasteiger partial charge in [0.05, 0.1) is 15.5 Å². The van der Waals surface area contributed by atoms with E-state index in [2.05, 4.69) is 10.3 Å². The van der Waals surface area contributed by atoms with Crippen LogP contribution in [0.15, 0.2) is 12.3 Å². The molecule has 0 saturated carbocycles. The summed E-state index contributed by atoms with van der Waals surface area (Å²) in [6.45, 7) is 5.95. The third-order valence-corrected chi connectivity index (χ3v) is 3.61. The Kier molecular flexibility index (Phi) is 5.08. The van der Waals surface area contributed by atoms with Gasteiger partial charge in [0.15, 0.2) is 0 Å². The average molecular weight is 288 g/mol. The highest BCUT2D eigenvalue weighted by atomic mass is 35.5. The average Bonchev–Trinajstić information content (AvgIpc) is 2.36. The fourth-order valence-electron chi connectivity index (χ4n) is 1.53. The molecular weight excluding hydrogens is 270 g/mol. The number of nitrogens with one attached hydrogen (secondary N) is 1. The van der Waals surface area contributed by atoms with E-state index < -0.39 is 10.5 Å². The van der Waals surface area contributed by atoms with E-state index in [-0.39, 0.29) is 23.2 Å². The number of pyridine rings is 1. The molecule has 2 atom stereocenters. The molecule has 0 fully saturated rings. The van der Waals surface area contributed by atoms with Gasteiger partial charge < -0.3 is 10.4 Å². The van der Waals surface area contributed by atoms with E-state index in [9.17, 15) is 15.2 Å². The lowest BCUT2D eigenvalue weighted by molar-refractivity contribution is -0.385. The first-order chi connectivity index (χ1) is 8.77. The van der Waals surface area contributed by atoms with Gasteiger partial charge in [-0.3, -0.25) is 10.1 Å². The van der Waals surface area contributed by atoms with Gasteiger partial charge in [0, 0.05) is 12.6 Å². The Labute approximate surface area is 117 Å². The molecule has 106 valence electrons. The third kappa shape index (κ3) is 4.04. The minimum atomic E-state index is -0.901. The summed E-state index contributed by atoms with van der Waals surface area (Å²) >= 11 is 5.90. The number of hydrogen-bond acceptors (Lipinski definition) is 5. The maximum atomic E-state index is 10.6. The van der Waals surface area contributed by atoms with Gasteiger partial charge in [0.1, 0.15) is 12.0 Å². The number of nitrogens with zero attached hydrogens (tertiary/aromatic N) is 2. The van der Waals surface area contributed by atoms with Crippen LogP contribution in [-0.4, -0.2) is 27.2 Å². The van der Waals surface area contributed by atoms with Crippen LogP contribution in [0.4, 0.5) is 11.5 Å². The second-order valence-corrected chi connectivity index (χ2v) is 5.21. The fraction of sp³-hybridized carbons (Fsp3) is 0.583. The second-order valence-electron chi connectivity index (χ2n) is 4.80. The summed E-state index contributed by atoms with van der Waals surface area (Å²) in [6, 6.07) is 1.23. The summed E-state index contributed by atoms with van der Waals surface area (Å²) in [5.74, 6) is 0.438. The molecule has 6 nitrogen and oxygen atoms in total. The van der Waals surface area contributed by atoms with E-state index in [1.807, 2.05) is 13.8 Å². The minimum absolute atomic E-state index is 0.108. The van der Waals surface area contributed by atoms with Crippen molar-refractivity contribution in [3.05, 3.63) is 27.4 Å². The number of halogens is 1. The second kappa shape index (κ2) is 6.16. The van der Waals surface area contributed by atoms with Crippen LogP contribution in [0, 0.1) is 16.0 Å². The molecule has 0 aliphatic rings. The molecule has 19 heavy (non-hydrogen) atoms. The van der Waals surface area contributed by atoms with Gasteiger partial charge in [-0.1, -0.05) is 31.9 Å². The van der Waals surface area contributed by atoms with Crippen molar-refractivity contribution in [2.24, 2.45) is 5.92 Å². The lowest BCUT2D eigenvalue weighted by atomic mass is 9.89. The smallest absolute Gasteiger partial charge is 0.289 e. The van der Waals surface area contributed by atoms with Gasteiger partial charge in [-0.2, -0.15) is 0 Å². The lowest BCUT2D eigenvalue weighted by Crippen LogP contribution is -2.40. The fourth-order valence-corrected chi connectivity index (χ4v) is 1.76. The topological polar surface area (TPSA) is 88.3 Å². The van der Waals surface area contributed by atoms with Gasteiger partial charge in [-0.25, -0.2) is 4.98 Å². The first-order valence-corrected chi connectivity index (χ1v) is 6.42. The van der Waals surface area contributed by atoms with Gasteiger partial charge in [-0.05, 0) is 12.8 Å². The van der Waals surface area contributed by atoms with Crippen LogP contribution >= 0.6 is 11.6 Å². The highest BCUT2D eigenvalue weighted by Crippen LogP contribution is 2.26. The Morgan fingerprint density at radius 2 is 2.32 bits per heavy atom. The monoisotopic (exact) mass is 287 g/mol. The third-order valence-electron chi connectivity index (χ3n) is 3.33. The summed E-state index contributed by atoms with van der Waals surface area (Å²) in [5.41, 5.74) is -1.06. The van der Waals surface area contributed by atoms with E-state index >= 15 is 0 Å². The maximum Gasteiger partial charge on any atom is 0.289 e. The van der Waals surface area contributed by atoms with Crippen molar-refractivity contribution in [2.75, 3.05) is 11.9 Å². The number of aromatic nitrogens is 1. The molecule has 0 amide bonds. The van der Waals surface area contributed by atoms with Crippen molar-refractivity contribution in [1.29, 1.82) is 0 Å². The summed E-state index contributed by atoms with van der Waals surface area (Å²) < 4.78 is 0. The van der Waals surface area contributed by atoms with E-state index in [0.717, 1.165) is 12.6 Å². The first-order valence-electron chi connectivity index (χ1n) is 6.04. The van der Waals surface area contributed by atoms with Crippen LogP contribution in [0.1, 0.15) is 27.2 Å². The van der Waals surface area contributed by atoms with Crippen molar-refractivity contribution in [3.8, 4) is 0 Å². The standard InChI is InChI=1S/C12H18ClN3O3/c1-4-8(2)12(3,17)7-15-11-10(13)5-9(6-14-11)16(18)19/h5-6,8,17H,4,7H2,1-3H3,(H,14,15). The zero-order chi connectivity index (χ0) is 14.6. The summed E-state index contributed by atoms with van der Waals surface area (Å²) in [6.07, 6.45) is 1.97. The van der Waals surface area contributed by atoms with Crippen LogP contribution in [0.25, 0.3) is 0 Å². The Bertz CT molecular complexity index is 466. The van der Waals surface area contributed by atoms with Gasteiger partial charge >= 0.3 is 0 Å². The van der Waals surface area contributed by atoms with Gasteiger partial charge in [0.25, 0.3) is 5.69 Å². The zero-order valence-corrected chi connectivity index (χ0v) is 11.9. The van der Waals surface area contributed by atoms with Crippen molar-refractivity contribution in [3.63, 3.8) is 0 Å². The molecule has 2 N–H and O–H groups in total. The van der Waals surface area contributed by atoms with Crippen molar-refractivity contribution >= 4 is 23.1 Å². The lowest BCUT2D eigenvalue weighted by Gasteiger charge is -2.30. The van der Waals surface area contributed by atoms with Gasteiger partial charge in [-0.15, -0.1) is 0 Å². The summed E-state index contributed by atoms with van der Waals surface area (Å²) in [7, 11) is 0. The number of aliphatic hydroxyl groups is 1. The molecule has 0 spiro atoms. The molecule has 0 aromatic carbocycles. The molecule has 0 aliphatic heterocycles. The molecule has 0 bridgehead atoms. The normalized spacial score (nSPS) is 15.6. The predicted octanol–water partition coefficient (Wildman–Crippen LogP) is 2.85. The largest absolute Gasteiger partial charge is 0.388 e. The van der Waals surface area contributed by atoms with E-state index in [1.54, 1.807) is 6.92 Å². The van der Waals surface area contributed by atoms with E-state index in [4.69, 9.17) is 11.6 Å². The molecule has 2 unspecified atom stereocenters. The molecule has 0 saturated heterocycles. The number of nitro groups is 1. The van der Waals surface area contributed by atoms with Crippen LogP contribution in [0.3, 0.4) is 0 Å². The molecule has 1 aromatic rings. The quantitative estimate of drug-likeness (QED) is 0.620. The molecule has 0 radical (unpaired) electrons. The summed E-state index contributed by atoms with van der Waals surface area (Å²) in [4.78, 5) is 13.9. The van der Waals surface area contributed by atoms with Crippen molar-refractivity contribution in [2.45, 2.75) is 32.8 Å². The molecular formula is C12H18ClN3O3. The number of anilines is 1. The van der Waals surface area contributed by atoms with Crippen LogP contribution in [0.5, 0.6) is 0 Å². The van der Waals surface area contributed by atoms with E-state index in [0.29, 0.717) is 5.82 Å². The van der Waals surface area contributed by atoms with Crippen LogP contribution in [0.2, 0.25) is 5.02 Å². The first kappa shape index (κ1) is 15.7. The zero-order valence-electron chi connectivity index (χ0n) is 11.2. The number of hydrogen-bond donors (Lipinski definition) is 2. The predicted molar refractivity (Wildman–Crippen MR) is 74.5 cm³/mol. The van der Waals surface area contributed by atoms with E-state index in [1.165, 1.54) is 6.07 Å². The Balaban J connectivity index is 2.76. The summed E-state index contributed by atoms with van der Waals surface area (Å²) in [5, 5.41) is 23.9. The van der Waals surface area contributed by atoms with Crippen LogP contribution in [-0.2, 0) is 0 Å². The SMILES string of the molecule is CCC(C)C(C)(O)CNc1ncc([N+](=O)[O-])cc1Cl. The Morgan fingerprint density at radius 1 is 1.68 bits per heavy atom. The molecule has 7 heteroatoms. The maximum absolute atomic E-state index is 10.6. The Morgan fingerprint density at radius 3 is 2.79 bits per heavy atom. The number of rotatable bonds is 6. The van der Waals surface area contributed by atoms with Gasteiger partial charge in [0.2, 0.25) is 0 Å². The van der Waals surface area contributed by atoms with Crippen molar-refractivity contribution in [1.82, 2.24) is 4.98 Å². The Hall–Kier alpha value is -1.40. The van der Waals surface area contributed by atoms with Crippen molar-refractivity contribution < 1.29 is 10.0 Å². The molecule has 1 heterocycles. The molecule has 0 aliphatic carbocycles. The highest BCUT2D eigenvalue weighted by molar-refractivity contribution is 6.33. The minimum Gasteiger partial charge on any atom is -0.388 e. The highest BCUT2D eigenvalue weighted by Gasteiger charge is 2.27.